The predicted octanol–water partition coefficient (Wildman–Crippen LogP) is 5.63. The number of rotatable bonds is 4. The molecule has 0 fully saturated rings. The zero-order chi connectivity index (χ0) is 18.6. The second kappa shape index (κ2) is 7.64. The van der Waals surface area contributed by atoms with Gasteiger partial charge in [0.25, 0.3) is 0 Å². The third-order valence-electron chi connectivity index (χ3n) is 4.21. The van der Waals surface area contributed by atoms with Crippen LogP contribution in [-0.2, 0) is 0 Å². The van der Waals surface area contributed by atoms with Crippen LogP contribution in [0.1, 0.15) is 21.5 Å². The van der Waals surface area contributed by atoms with E-state index in [0.29, 0.717) is 5.56 Å². The lowest BCUT2D eigenvalue weighted by atomic mass is 10.1. The molecule has 4 rings (SSSR count). The lowest BCUT2D eigenvalue weighted by Crippen LogP contribution is -2.10. The summed E-state index contributed by atoms with van der Waals surface area (Å²) >= 11 is 1.51. The Morgan fingerprint density at radius 2 is 1.52 bits per heavy atom. The number of carbonyl (C=O) groups excluding carboxylic acids is 1. The Kier molecular flexibility index (Phi) is 4.90. The molecule has 0 saturated heterocycles. The summed E-state index contributed by atoms with van der Waals surface area (Å²) in [4.78, 5) is 12.8. The van der Waals surface area contributed by atoms with Gasteiger partial charge in [-0.25, -0.2) is 5.01 Å². The van der Waals surface area contributed by atoms with Gasteiger partial charge >= 0.3 is 0 Å². The first kappa shape index (κ1) is 17.3. The molecule has 3 aromatic rings. The number of carbonyl (C=O) groups is 1. The van der Waals surface area contributed by atoms with Gasteiger partial charge in [-0.2, -0.15) is 5.10 Å². The van der Waals surface area contributed by atoms with E-state index >= 15 is 0 Å². The van der Waals surface area contributed by atoms with Crippen molar-refractivity contribution >= 4 is 28.3 Å². The molecule has 0 atom stereocenters. The summed E-state index contributed by atoms with van der Waals surface area (Å²) in [6.45, 7) is 2.01. The Balaban J connectivity index is 1.70. The molecule has 3 nitrogen and oxygen atoms in total. The minimum atomic E-state index is -0.0251. The van der Waals surface area contributed by atoms with E-state index in [9.17, 15) is 4.79 Å². The molecule has 1 heterocycles. The lowest BCUT2D eigenvalue weighted by Gasteiger charge is -2.14. The van der Waals surface area contributed by atoms with Crippen LogP contribution in [0.3, 0.4) is 0 Å². The van der Waals surface area contributed by atoms with E-state index in [4.69, 9.17) is 5.10 Å². The maximum atomic E-state index is 12.8. The smallest absolute Gasteiger partial charge is 0.188 e. The zero-order valence-electron chi connectivity index (χ0n) is 14.9. The number of thioether (sulfide) groups is 1. The molecule has 0 spiro atoms. The number of allylic oxidation sites excluding steroid dienone is 1. The van der Waals surface area contributed by atoms with Gasteiger partial charge in [0.05, 0.1) is 5.69 Å². The van der Waals surface area contributed by atoms with Crippen LogP contribution in [0.2, 0.25) is 0 Å². The quantitative estimate of drug-likeness (QED) is 0.440. The molecule has 4 heteroatoms. The Hall–Kier alpha value is -3.11. The molecule has 132 valence electrons. The molecule has 0 radical (unpaired) electrons. The summed E-state index contributed by atoms with van der Waals surface area (Å²) in [5.74, 6) is -0.0251. The topological polar surface area (TPSA) is 32.7 Å². The highest BCUT2D eigenvalue weighted by molar-refractivity contribution is 8.18. The molecule has 0 saturated carbocycles. The van der Waals surface area contributed by atoms with Gasteiger partial charge in [0.1, 0.15) is 10.1 Å². The lowest BCUT2D eigenvalue weighted by molar-refractivity contribution is 0.104. The molecule has 0 aliphatic carbocycles. The number of nitrogens with zero attached hydrogens (tertiary/aromatic N) is 2. The van der Waals surface area contributed by atoms with Crippen molar-refractivity contribution in [2.45, 2.75) is 6.92 Å². The van der Waals surface area contributed by atoms with Crippen molar-refractivity contribution in [3.63, 3.8) is 0 Å². The standard InChI is InChI=1S/C23H18N2OS/c1-17-12-14-18(15-13-17)21(26)16-22-25(20-10-6-3-7-11-20)24-23(27-22)19-8-4-2-5-9-19/h2-16H,1H3/b22-16-. The monoisotopic (exact) mass is 370 g/mol. The summed E-state index contributed by atoms with van der Waals surface area (Å²) in [7, 11) is 0. The molecule has 27 heavy (non-hydrogen) atoms. The molecule has 0 unspecified atom stereocenters. The van der Waals surface area contributed by atoms with E-state index in [-0.39, 0.29) is 5.78 Å². The van der Waals surface area contributed by atoms with Crippen molar-refractivity contribution < 1.29 is 4.79 Å². The molecular formula is C23H18N2OS. The Labute approximate surface area is 163 Å². The molecule has 0 bridgehead atoms. The Bertz CT molecular complexity index is 1010. The van der Waals surface area contributed by atoms with Gasteiger partial charge < -0.3 is 0 Å². The first-order valence-electron chi connectivity index (χ1n) is 8.70. The van der Waals surface area contributed by atoms with E-state index < -0.39 is 0 Å². The van der Waals surface area contributed by atoms with Crippen molar-refractivity contribution in [1.29, 1.82) is 0 Å². The molecule has 0 aromatic heterocycles. The molecule has 1 aliphatic heterocycles. The third kappa shape index (κ3) is 3.86. The molecule has 0 N–H and O–H groups in total. The van der Waals surface area contributed by atoms with Gasteiger partial charge in [-0.3, -0.25) is 4.79 Å². The summed E-state index contributed by atoms with van der Waals surface area (Å²) in [5.41, 5.74) is 3.78. The minimum Gasteiger partial charge on any atom is -0.289 e. The van der Waals surface area contributed by atoms with Gasteiger partial charge in [-0.1, -0.05) is 78.4 Å². The zero-order valence-corrected chi connectivity index (χ0v) is 15.7. The number of anilines is 1. The highest BCUT2D eigenvalue weighted by atomic mass is 32.2. The number of aryl methyl sites for hydroxylation is 1. The number of hydrazone groups is 1. The van der Waals surface area contributed by atoms with E-state index in [1.54, 1.807) is 6.08 Å². The summed E-state index contributed by atoms with van der Waals surface area (Å²) < 4.78 is 0. The maximum absolute atomic E-state index is 12.8. The first-order valence-corrected chi connectivity index (χ1v) is 9.52. The fourth-order valence-corrected chi connectivity index (χ4v) is 3.73. The predicted molar refractivity (Wildman–Crippen MR) is 113 cm³/mol. The maximum Gasteiger partial charge on any atom is 0.188 e. The molecule has 0 amide bonds. The summed E-state index contributed by atoms with van der Waals surface area (Å²) in [6, 6.07) is 27.5. The van der Waals surface area contributed by atoms with Crippen LogP contribution in [0.25, 0.3) is 0 Å². The number of benzene rings is 3. The number of ketones is 1. The fourth-order valence-electron chi connectivity index (χ4n) is 2.76. The molecular weight excluding hydrogens is 352 g/mol. The molecule has 1 aliphatic rings. The second-order valence-corrected chi connectivity index (χ2v) is 7.24. The van der Waals surface area contributed by atoms with Gasteiger partial charge in [-0.05, 0) is 30.8 Å². The van der Waals surface area contributed by atoms with Crippen molar-refractivity contribution in [3.05, 3.63) is 113 Å². The van der Waals surface area contributed by atoms with Gasteiger partial charge in [0, 0.05) is 17.2 Å². The van der Waals surface area contributed by atoms with Crippen molar-refractivity contribution in [2.24, 2.45) is 5.10 Å². The van der Waals surface area contributed by atoms with E-state index in [2.05, 4.69) is 0 Å². The normalized spacial score (nSPS) is 15.1. The van der Waals surface area contributed by atoms with Crippen LogP contribution in [0.15, 0.2) is 101 Å². The Morgan fingerprint density at radius 3 is 2.19 bits per heavy atom. The highest BCUT2D eigenvalue weighted by Gasteiger charge is 2.25. The summed E-state index contributed by atoms with van der Waals surface area (Å²) in [5, 5.41) is 8.27. The number of hydrogen-bond acceptors (Lipinski definition) is 4. The van der Waals surface area contributed by atoms with Crippen LogP contribution in [0.5, 0.6) is 0 Å². The van der Waals surface area contributed by atoms with E-state index in [1.807, 2.05) is 96.9 Å². The van der Waals surface area contributed by atoms with Crippen molar-refractivity contribution in [1.82, 2.24) is 0 Å². The first-order chi connectivity index (χ1) is 13.2. The largest absolute Gasteiger partial charge is 0.289 e. The second-order valence-electron chi connectivity index (χ2n) is 6.23. The summed E-state index contributed by atoms with van der Waals surface area (Å²) in [6.07, 6.45) is 1.67. The Morgan fingerprint density at radius 1 is 0.889 bits per heavy atom. The average molecular weight is 370 g/mol. The minimum absolute atomic E-state index is 0.0251. The number of hydrogen-bond donors (Lipinski definition) is 0. The van der Waals surface area contributed by atoms with E-state index in [0.717, 1.165) is 26.9 Å². The van der Waals surface area contributed by atoms with E-state index in [1.165, 1.54) is 11.8 Å². The SMILES string of the molecule is Cc1ccc(C(=O)/C=C2\SC(c3ccccc3)=NN2c2ccccc2)cc1. The van der Waals surface area contributed by atoms with Crippen LogP contribution in [-0.4, -0.2) is 10.8 Å². The fraction of sp³-hybridized carbons (Fsp3) is 0.0435. The van der Waals surface area contributed by atoms with Crippen LogP contribution < -0.4 is 5.01 Å². The van der Waals surface area contributed by atoms with Gasteiger partial charge in [0.2, 0.25) is 0 Å². The molecule has 3 aromatic carbocycles. The van der Waals surface area contributed by atoms with Crippen molar-refractivity contribution in [3.8, 4) is 0 Å². The number of para-hydroxylation sites is 1. The van der Waals surface area contributed by atoms with Crippen LogP contribution in [0.4, 0.5) is 5.69 Å². The van der Waals surface area contributed by atoms with Crippen LogP contribution in [0, 0.1) is 6.92 Å². The van der Waals surface area contributed by atoms with Crippen molar-refractivity contribution in [2.75, 3.05) is 5.01 Å². The highest BCUT2D eigenvalue weighted by Crippen LogP contribution is 2.36. The van der Waals surface area contributed by atoms with Gasteiger partial charge in [-0.15, -0.1) is 0 Å². The van der Waals surface area contributed by atoms with Crippen LogP contribution >= 0.6 is 11.8 Å². The van der Waals surface area contributed by atoms with Gasteiger partial charge in [0.15, 0.2) is 5.78 Å². The third-order valence-corrected chi connectivity index (χ3v) is 5.22. The average Bonchev–Trinajstić information content (AvgIpc) is 3.13.